The van der Waals surface area contributed by atoms with Crippen molar-refractivity contribution in [2.45, 2.75) is 20.3 Å². The van der Waals surface area contributed by atoms with Gasteiger partial charge in [-0.2, -0.15) is 0 Å². The Hall–Kier alpha value is -0.500. The molecule has 68 valence electrons. The number of rotatable bonds is 3. The highest BCUT2D eigenvalue weighted by Crippen LogP contribution is 2.21. The van der Waals surface area contributed by atoms with Gasteiger partial charge in [-0.25, -0.2) is 4.98 Å². The van der Waals surface area contributed by atoms with Gasteiger partial charge in [0, 0.05) is 31.7 Å². The zero-order valence-corrected chi connectivity index (χ0v) is 8.60. The number of imidazole rings is 1. The number of hydrogen-bond donors (Lipinski definition) is 0. The summed E-state index contributed by atoms with van der Waals surface area (Å²) >= 11 is 5.83. The summed E-state index contributed by atoms with van der Waals surface area (Å²) in [5.41, 5.74) is 0.140. The van der Waals surface area contributed by atoms with E-state index < -0.39 is 0 Å². The van der Waals surface area contributed by atoms with Crippen molar-refractivity contribution in [3.05, 3.63) is 18.2 Å². The lowest BCUT2D eigenvalue weighted by Gasteiger charge is -2.20. The Morgan fingerprint density at radius 2 is 2.25 bits per heavy atom. The van der Waals surface area contributed by atoms with Crippen molar-refractivity contribution in [3.8, 4) is 0 Å². The highest BCUT2D eigenvalue weighted by atomic mass is 35.5. The fraction of sp³-hybridized carbons (Fsp3) is 0.667. The molecule has 0 aromatic carbocycles. The van der Waals surface area contributed by atoms with E-state index in [1.807, 2.05) is 24.0 Å². The third-order valence-electron chi connectivity index (χ3n) is 1.92. The summed E-state index contributed by atoms with van der Waals surface area (Å²) in [6.45, 7) is 4.30. The van der Waals surface area contributed by atoms with E-state index in [1.54, 1.807) is 0 Å². The van der Waals surface area contributed by atoms with E-state index in [2.05, 4.69) is 18.8 Å². The molecule has 1 aromatic rings. The standard InChI is InChI=1S/C9H15ClN2/c1-9(2,7-10)6-8-11-4-5-12(8)3/h4-5H,6-7H2,1-3H3. The van der Waals surface area contributed by atoms with Crippen LogP contribution in [0.2, 0.25) is 0 Å². The molecule has 0 amide bonds. The van der Waals surface area contributed by atoms with Gasteiger partial charge >= 0.3 is 0 Å². The Morgan fingerprint density at radius 3 is 2.67 bits per heavy atom. The van der Waals surface area contributed by atoms with Crippen LogP contribution < -0.4 is 0 Å². The molecule has 0 N–H and O–H groups in total. The lowest BCUT2D eigenvalue weighted by molar-refractivity contribution is 0.402. The minimum absolute atomic E-state index is 0.140. The Morgan fingerprint density at radius 1 is 1.58 bits per heavy atom. The summed E-state index contributed by atoms with van der Waals surface area (Å²) in [6, 6.07) is 0. The number of nitrogens with zero attached hydrogens (tertiary/aromatic N) is 2. The van der Waals surface area contributed by atoms with Crippen LogP contribution in [-0.4, -0.2) is 15.4 Å². The minimum atomic E-state index is 0.140. The quantitative estimate of drug-likeness (QED) is 0.662. The van der Waals surface area contributed by atoms with Crippen molar-refractivity contribution in [1.82, 2.24) is 9.55 Å². The molecule has 12 heavy (non-hydrogen) atoms. The van der Waals surface area contributed by atoms with Crippen LogP contribution in [-0.2, 0) is 13.5 Å². The highest BCUT2D eigenvalue weighted by Gasteiger charge is 2.18. The second-order valence-corrected chi connectivity index (χ2v) is 4.20. The van der Waals surface area contributed by atoms with Crippen LogP contribution >= 0.6 is 11.6 Å². The van der Waals surface area contributed by atoms with Crippen LogP contribution in [0.1, 0.15) is 19.7 Å². The maximum Gasteiger partial charge on any atom is 0.108 e. The van der Waals surface area contributed by atoms with Crippen molar-refractivity contribution in [1.29, 1.82) is 0 Å². The van der Waals surface area contributed by atoms with Gasteiger partial charge in [0.15, 0.2) is 0 Å². The van der Waals surface area contributed by atoms with E-state index in [1.165, 1.54) is 0 Å². The van der Waals surface area contributed by atoms with E-state index in [4.69, 9.17) is 11.6 Å². The third kappa shape index (κ3) is 2.24. The zero-order chi connectivity index (χ0) is 9.19. The first-order valence-electron chi connectivity index (χ1n) is 4.07. The summed E-state index contributed by atoms with van der Waals surface area (Å²) in [5, 5.41) is 0. The van der Waals surface area contributed by atoms with E-state index in [-0.39, 0.29) is 5.41 Å². The maximum atomic E-state index is 5.83. The molecule has 0 spiro atoms. The molecule has 3 heteroatoms. The molecule has 1 heterocycles. The summed E-state index contributed by atoms with van der Waals surface area (Å²) in [6.07, 6.45) is 4.71. The first-order chi connectivity index (χ1) is 5.55. The number of halogens is 1. The molecule has 0 bridgehead atoms. The van der Waals surface area contributed by atoms with Crippen molar-refractivity contribution in [2.24, 2.45) is 12.5 Å². The Labute approximate surface area is 78.6 Å². The molecule has 0 atom stereocenters. The fourth-order valence-corrected chi connectivity index (χ4v) is 1.14. The maximum absolute atomic E-state index is 5.83. The molecule has 0 aliphatic carbocycles. The third-order valence-corrected chi connectivity index (χ3v) is 2.64. The molecule has 0 aliphatic heterocycles. The molecule has 1 rings (SSSR count). The average molecular weight is 187 g/mol. The van der Waals surface area contributed by atoms with Gasteiger partial charge in [0.05, 0.1) is 0 Å². The fourth-order valence-electron chi connectivity index (χ4n) is 1.04. The van der Waals surface area contributed by atoms with Gasteiger partial charge in [0.2, 0.25) is 0 Å². The molecule has 2 nitrogen and oxygen atoms in total. The monoisotopic (exact) mass is 186 g/mol. The smallest absolute Gasteiger partial charge is 0.108 e. The van der Waals surface area contributed by atoms with Gasteiger partial charge in [0.1, 0.15) is 5.82 Å². The second kappa shape index (κ2) is 3.48. The van der Waals surface area contributed by atoms with Crippen LogP contribution in [0.15, 0.2) is 12.4 Å². The first-order valence-corrected chi connectivity index (χ1v) is 4.61. The van der Waals surface area contributed by atoms with E-state index in [9.17, 15) is 0 Å². The van der Waals surface area contributed by atoms with Crippen molar-refractivity contribution in [2.75, 3.05) is 5.88 Å². The van der Waals surface area contributed by atoms with Crippen LogP contribution in [0.4, 0.5) is 0 Å². The molecule has 0 fully saturated rings. The van der Waals surface area contributed by atoms with Gasteiger partial charge in [-0.05, 0) is 5.41 Å². The molecule has 0 saturated carbocycles. The van der Waals surface area contributed by atoms with Crippen molar-refractivity contribution >= 4 is 11.6 Å². The van der Waals surface area contributed by atoms with Crippen LogP contribution in [0.3, 0.4) is 0 Å². The summed E-state index contributed by atoms with van der Waals surface area (Å²) in [4.78, 5) is 4.25. The first kappa shape index (κ1) is 9.59. The normalized spacial score (nSPS) is 12.0. The second-order valence-electron chi connectivity index (χ2n) is 3.93. The van der Waals surface area contributed by atoms with Gasteiger partial charge in [-0.3, -0.25) is 0 Å². The average Bonchev–Trinajstić information content (AvgIpc) is 2.36. The molecular weight excluding hydrogens is 172 g/mol. The SMILES string of the molecule is Cn1ccnc1CC(C)(C)CCl. The molecule has 0 aliphatic rings. The van der Waals surface area contributed by atoms with Crippen molar-refractivity contribution < 1.29 is 0 Å². The molecule has 0 unspecified atom stereocenters. The topological polar surface area (TPSA) is 17.8 Å². The number of aromatic nitrogens is 2. The molecular formula is C9H15ClN2. The highest BCUT2D eigenvalue weighted by molar-refractivity contribution is 6.18. The van der Waals surface area contributed by atoms with E-state index in [0.717, 1.165) is 12.2 Å². The molecule has 1 aromatic heterocycles. The predicted molar refractivity (Wildman–Crippen MR) is 51.4 cm³/mol. The Bertz CT molecular complexity index is 253. The number of alkyl halides is 1. The van der Waals surface area contributed by atoms with Crippen LogP contribution in [0, 0.1) is 5.41 Å². The minimum Gasteiger partial charge on any atom is -0.338 e. The van der Waals surface area contributed by atoms with E-state index in [0.29, 0.717) is 5.88 Å². The lowest BCUT2D eigenvalue weighted by atomic mass is 9.91. The summed E-state index contributed by atoms with van der Waals surface area (Å²) in [7, 11) is 2.01. The van der Waals surface area contributed by atoms with Crippen LogP contribution in [0.5, 0.6) is 0 Å². The van der Waals surface area contributed by atoms with Crippen LogP contribution in [0.25, 0.3) is 0 Å². The van der Waals surface area contributed by atoms with Gasteiger partial charge in [-0.15, -0.1) is 11.6 Å². The molecule has 0 saturated heterocycles. The van der Waals surface area contributed by atoms with Gasteiger partial charge in [-0.1, -0.05) is 13.8 Å². The lowest BCUT2D eigenvalue weighted by Crippen LogP contribution is -2.19. The summed E-state index contributed by atoms with van der Waals surface area (Å²) in [5.74, 6) is 1.76. The number of aryl methyl sites for hydroxylation is 1. The van der Waals surface area contributed by atoms with E-state index >= 15 is 0 Å². The Balaban J connectivity index is 2.70. The zero-order valence-electron chi connectivity index (χ0n) is 7.84. The number of hydrogen-bond acceptors (Lipinski definition) is 1. The Kier molecular flexibility index (Phi) is 2.78. The van der Waals surface area contributed by atoms with Gasteiger partial charge in [0.25, 0.3) is 0 Å². The van der Waals surface area contributed by atoms with Crippen molar-refractivity contribution in [3.63, 3.8) is 0 Å². The molecule has 0 radical (unpaired) electrons. The largest absolute Gasteiger partial charge is 0.338 e. The summed E-state index contributed by atoms with van der Waals surface area (Å²) < 4.78 is 2.04. The van der Waals surface area contributed by atoms with Gasteiger partial charge < -0.3 is 4.57 Å². The predicted octanol–water partition coefficient (Wildman–Crippen LogP) is 2.23.